The molecule has 3 aliphatic heterocycles. The van der Waals surface area contributed by atoms with Gasteiger partial charge in [0.2, 0.25) is 21.8 Å². The minimum atomic E-state index is -3.64. The number of sulfonamides is 1. The molecule has 4 rings (SSSR count). The predicted octanol–water partition coefficient (Wildman–Crippen LogP) is 0.488. The summed E-state index contributed by atoms with van der Waals surface area (Å²) < 4.78 is 32.3. The molecule has 1 aromatic heterocycles. The van der Waals surface area contributed by atoms with Crippen LogP contribution in [0.1, 0.15) is 42.7 Å². The highest BCUT2D eigenvalue weighted by atomic mass is 32.2. The van der Waals surface area contributed by atoms with Crippen molar-refractivity contribution in [1.29, 1.82) is 0 Å². The van der Waals surface area contributed by atoms with E-state index in [9.17, 15) is 22.8 Å². The van der Waals surface area contributed by atoms with Gasteiger partial charge in [0.25, 0.3) is 5.91 Å². The lowest BCUT2D eigenvalue weighted by molar-refractivity contribution is -0.147. The van der Waals surface area contributed by atoms with Crippen LogP contribution >= 0.6 is 11.3 Å². The average Bonchev–Trinajstić information content (AvgIpc) is 3.36. The largest absolute Gasteiger partial charge is 0.368 e. The van der Waals surface area contributed by atoms with Crippen LogP contribution in [0.5, 0.6) is 0 Å². The molecule has 0 radical (unpaired) electrons. The highest BCUT2D eigenvalue weighted by molar-refractivity contribution is 7.89. The molecule has 164 valence electrons. The number of hydrogen-bond acceptors (Lipinski definition) is 8. The minimum absolute atomic E-state index is 0.116. The molecule has 12 heteroatoms. The zero-order valence-electron chi connectivity index (χ0n) is 16.5. The van der Waals surface area contributed by atoms with Crippen molar-refractivity contribution in [3.05, 3.63) is 10.6 Å². The van der Waals surface area contributed by atoms with Gasteiger partial charge >= 0.3 is 0 Å². The molecular weight excluding hydrogens is 432 g/mol. The van der Waals surface area contributed by atoms with E-state index < -0.39 is 16.1 Å². The smallest absolute Gasteiger partial charge is 0.255 e. The molecule has 0 spiro atoms. The van der Waals surface area contributed by atoms with Gasteiger partial charge in [-0.3, -0.25) is 24.6 Å². The summed E-state index contributed by atoms with van der Waals surface area (Å²) in [5, 5.41) is 3.21. The molecule has 3 aliphatic rings. The molecular formula is C18H24N4O6S2. The monoisotopic (exact) mass is 456 g/mol. The molecule has 30 heavy (non-hydrogen) atoms. The molecule has 3 amide bonds. The van der Waals surface area contributed by atoms with Crippen LogP contribution in [0, 0.1) is 0 Å². The summed E-state index contributed by atoms with van der Waals surface area (Å²) >= 11 is 1.27. The van der Waals surface area contributed by atoms with Crippen LogP contribution in [0.4, 0.5) is 5.13 Å². The first-order valence-corrected chi connectivity index (χ1v) is 12.5. The Labute approximate surface area is 178 Å². The van der Waals surface area contributed by atoms with Gasteiger partial charge in [0, 0.05) is 50.4 Å². The minimum Gasteiger partial charge on any atom is -0.368 e. The van der Waals surface area contributed by atoms with Gasteiger partial charge in [0.15, 0.2) is 5.13 Å². The van der Waals surface area contributed by atoms with Crippen molar-refractivity contribution in [3.8, 4) is 0 Å². The van der Waals surface area contributed by atoms with E-state index in [0.29, 0.717) is 31.0 Å². The summed E-state index contributed by atoms with van der Waals surface area (Å²) in [5.74, 6) is -1.13. The molecule has 1 unspecified atom stereocenters. The predicted molar refractivity (Wildman–Crippen MR) is 108 cm³/mol. The number of fused-ring (bicyclic) bond motifs is 1. The third-order valence-corrected chi connectivity index (χ3v) is 8.29. The Bertz CT molecular complexity index is 938. The number of anilines is 1. The van der Waals surface area contributed by atoms with Crippen LogP contribution in [0.2, 0.25) is 0 Å². The molecule has 2 saturated heterocycles. The fourth-order valence-electron chi connectivity index (χ4n) is 3.82. The maximum Gasteiger partial charge on any atom is 0.255 e. The van der Waals surface area contributed by atoms with Crippen molar-refractivity contribution in [3.63, 3.8) is 0 Å². The molecule has 1 atom stereocenters. The Morgan fingerprint density at radius 1 is 1.20 bits per heavy atom. The van der Waals surface area contributed by atoms with Crippen LogP contribution in [0.25, 0.3) is 0 Å². The Morgan fingerprint density at radius 3 is 2.67 bits per heavy atom. The van der Waals surface area contributed by atoms with E-state index in [1.54, 1.807) is 0 Å². The van der Waals surface area contributed by atoms with E-state index in [2.05, 4.69) is 10.3 Å². The summed E-state index contributed by atoms with van der Waals surface area (Å²) in [7, 11) is -3.64. The van der Waals surface area contributed by atoms with Gasteiger partial charge < -0.3 is 4.74 Å². The van der Waals surface area contributed by atoms with Crippen LogP contribution in [0.3, 0.4) is 0 Å². The Balaban J connectivity index is 1.37. The molecule has 4 heterocycles. The molecule has 0 aromatic carbocycles. The SMILES string of the molecule is O=C(Nc1nc2c(s1)CN(S(=O)(=O)CCN1C(=O)CCCC1=O)CC2)C1CCCO1. The number of imide groups is 1. The summed E-state index contributed by atoms with van der Waals surface area (Å²) in [6, 6.07) is 0. The molecule has 0 bridgehead atoms. The van der Waals surface area contributed by atoms with Crippen LogP contribution < -0.4 is 5.32 Å². The van der Waals surface area contributed by atoms with Crippen LogP contribution in [-0.4, -0.2) is 71.9 Å². The van der Waals surface area contributed by atoms with E-state index in [1.165, 1.54) is 15.6 Å². The fraction of sp³-hybridized carbons (Fsp3) is 0.667. The number of piperidine rings is 1. The number of amides is 3. The van der Waals surface area contributed by atoms with Gasteiger partial charge in [-0.05, 0) is 19.3 Å². The lowest BCUT2D eigenvalue weighted by Gasteiger charge is -2.28. The van der Waals surface area contributed by atoms with Gasteiger partial charge in [-0.2, -0.15) is 4.31 Å². The van der Waals surface area contributed by atoms with Crippen molar-refractivity contribution in [2.24, 2.45) is 0 Å². The number of carbonyl (C=O) groups excluding carboxylic acids is 3. The van der Waals surface area contributed by atoms with E-state index >= 15 is 0 Å². The fourth-order valence-corrected chi connectivity index (χ4v) is 6.29. The van der Waals surface area contributed by atoms with E-state index in [4.69, 9.17) is 4.74 Å². The van der Waals surface area contributed by atoms with Crippen molar-refractivity contribution < 1.29 is 27.5 Å². The summed E-state index contributed by atoms with van der Waals surface area (Å²) in [5.41, 5.74) is 0.787. The summed E-state index contributed by atoms with van der Waals surface area (Å²) in [4.78, 5) is 42.3. The lowest BCUT2D eigenvalue weighted by Crippen LogP contribution is -2.45. The quantitative estimate of drug-likeness (QED) is 0.617. The van der Waals surface area contributed by atoms with E-state index in [1.807, 2.05) is 0 Å². The third-order valence-electron chi connectivity index (χ3n) is 5.50. The number of rotatable bonds is 6. The second-order valence-corrected chi connectivity index (χ2v) is 10.7. The number of nitrogens with one attached hydrogen (secondary N) is 1. The lowest BCUT2D eigenvalue weighted by atomic mass is 10.1. The molecule has 1 aromatic rings. The van der Waals surface area contributed by atoms with Crippen LogP contribution in [0.15, 0.2) is 0 Å². The maximum absolute atomic E-state index is 12.8. The van der Waals surface area contributed by atoms with Gasteiger partial charge in [0.05, 0.1) is 11.4 Å². The van der Waals surface area contributed by atoms with Gasteiger partial charge in [-0.1, -0.05) is 0 Å². The van der Waals surface area contributed by atoms with Crippen LogP contribution in [-0.2, 0) is 42.1 Å². The first kappa shape index (κ1) is 21.3. The number of carbonyl (C=O) groups is 3. The number of aromatic nitrogens is 1. The first-order chi connectivity index (χ1) is 14.3. The number of thiazole rings is 1. The van der Waals surface area contributed by atoms with Gasteiger partial charge in [0.1, 0.15) is 6.10 Å². The molecule has 0 saturated carbocycles. The standard InChI is InChI=1S/C18H24N4O6S2/c23-15-4-1-5-16(24)22(15)8-10-30(26,27)21-7-6-12-14(11-21)29-18(19-12)20-17(25)13-3-2-9-28-13/h13H,1-11H2,(H,19,20,25). The first-order valence-electron chi connectivity index (χ1n) is 10.1. The van der Waals surface area contributed by atoms with Gasteiger partial charge in [-0.25, -0.2) is 13.4 Å². The number of ether oxygens (including phenoxy) is 1. The number of hydrogen-bond donors (Lipinski definition) is 1. The Kier molecular flexibility index (Phi) is 6.19. The van der Waals surface area contributed by atoms with Crippen molar-refractivity contribution in [2.45, 2.75) is 51.2 Å². The highest BCUT2D eigenvalue weighted by Gasteiger charge is 2.32. The second kappa shape index (κ2) is 8.69. The second-order valence-electron chi connectivity index (χ2n) is 7.57. The number of likely N-dealkylation sites (tertiary alicyclic amines) is 1. The van der Waals surface area contributed by atoms with E-state index in [0.717, 1.165) is 21.9 Å². The zero-order chi connectivity index (χ0) is 21.3. The normalized spacial score (nSPS) is 22.9. The summed E-state index contributed by atoms with van der Waals surface area (Å²) in [6.07, 6.45) is 2.61. The zero-order valence-corrected chi connectivity index (χ0v) is 18.1. The highest BCUT2D eigenvalue weighted by Crippen LogP contribution is 2.30. The molecule has 2 fully saturated rings. The molecule has 10 nitrogen and oxygen atoms in total. The van der Waals surface area contributed by atoms with Crippen molar-refractivity contribution >= 4 is 44.2 Å². The maximum atomic E-state index is 12.8. The summed E-state index contributed by atoms with van der Waals surface area (Å²) in [6.45, 7) is 0.912. The topological polar surface area (TPSA) is 126 Å². The van der Waals surface area contributed by atoms with Gasteiger partial charge in [-0.15, -0.1) is 11.3 Å². The third kappa shape index (κ3) is 4.56. The van der Waals surface area contributed by atoms with Crippen molar-refractivity contribution in [2.75, 3.05) is 30.8 Å². The number of nitrogens with zero attached hydrogens (tertiary/aromatic N) is 3. The van der Waals surface area contributed by atoms with Crippen molar-refractivity contribution in [1.82, 2.24) is 14.2 Å². The Hall–Kier alpha value is -1.89. The average molecular weight is 457 g/mol. The Morgan fingerprint density at radius 2 is 1.97 bits per heavy atom. The van der Waals surface area contributed by atoms with E-state index in [-0.39, 0.29) is 56.0 Å². The molecule has 0 aliphatic carbocycles. The molecule has 1 N–H and O–H groups in total.